The van der Waals surface area contributed by atoms with Crippen molar-refractivity contribution in [2.45, 2.75) is 31.1 Å². The van der Waals surface area contributed by atoms with Gasteiger partial charge in [0.15, 0.2) is 17.3 Å². The molecule has 5 nitrogen and oxygen atoms in total. The Bertz CT molecular complexity index is 923. The SMILES string of the molecule is COc1cccc2c1OC(=O)C21CCN(CCCC(=O)c2ccc(F)cc2)CC1.Cl. The van der Waals surface area contributed by atoms with Gasteiger partial charge in [0, 0.05) is 17.5 Å². The van der Waals surface area contributed by atoms with Crippen LogP contribution in [0.5, 0.6) is 11.5 Å². The van der Waals surface area contributed by atoms with Crippen LogP contribution in [0.3, 0.4) is 0 Å². The molecule has 2 aliphatic heterocycles. The summed E-state index contributed by atoms with van der Waals surface area (Å²) in [6.45, 7) is 2.34. The Hall–Kier alpha value is -2.44. The van der Waals surface area contributed by atoms with Crippen molar-refractivity contribution in [3.05, 3.63) is 59.4 Å². The lowest BCUT2D eigenvalue weighted by Crippen LogP contribution is -2.46. The van der Waals surface area contributed by atoms with Gasteiger partial charge in [-0.05, 0) is 69.2 Å². The standard InChI is InChI=1S/C23H24FNO4.ClH/c1-28-20-6-2-4-18-21(20)29-22(27)23(18)11-14-25(15-12-23)13-3-5-19(26)16-7-9-17(24)10-8-16;/h2,4,6-10H,3,5,11-15H2,1H3;1H. The van der Waals surface area contributed by atoms with Gasteiger partial charge in [-0.3, -0.25) is 9.59 Å². The van der Waals surface area contributed by atoms with E-state index in [0.29, 0.717) is 36.3 Å². The third-order valence-electron chi connectivity index (χ3n) is 6.05. The van der Waals surface area contributed by atoms with Crippen molar-refractivity contribution in [3.63, 3.8) is 0 Å². The number of rotatable bonds is 6. The maximum atomic E-state index is 13.0. The fourth-order valence-corrected chi connectivity index (χ4v) is 4.33. The minimum Gasteiger partial charge on any atom is -0.493 e. The molecule has 30 heavy (non-hydrogen) atoms. The largest absolute Gasteiger partial charge is 0.493 e. The van der Waals surface area contributed by atoms with Gasteiger partial charge in [0.05, 0.1) is 12.5 Å². The van der Waals surface area contributed by atoms with Crippen molar-refractivity contribution in [1.29, 1.82) is 0 Å². The molecular formula is C23H25ClFNO4. The van der Waals surface area contributed by atoms with E-state index >= 15 is 0 Å². The van der Waals surface area contributed by atoms with Crippen LogP contribution in [0, 0.1) is 5.82 Å². The lowest BCUT2D eigenvalue weighted by Gasteiger charge is -2.37. The van der Waals surface area contributed by atoms with Gasteiger partial charge < -0.3 is 14.4 Å². The number of hydrogen-bond donors (Lipinski definition) is 0. The van der Waals surface area contributed by atoms with E-state index in [-0.39, 0.29) is 30.0 Å². The molecule has 1 saturated heterocycles. The van der Waals surface area contributed by atoms with Gasteiger partial charge in [0.2, 0.25) is 0 Å². The monoisotopic (exact) mass is 433 g/mol. The van der Waals surface area contributed by atoms with Gasteiger partial charge in [-0.1, -0.05) is 12.1 Å². The second kappa shape index (κ2) is 9.14. The first kappa shape index (κ1) is 22.2. The van der Waals surface area contributed by atoms with E-state index < -0.39 is 5.41 Å². The Kier molecular flexibility index (Phi) is 6.78. The number of methoxy groups -OCH3 is 1. The molecule has 0 aromatic heterocycles. The Morgan fingerprint density at radius 2 is 1.87 bits per heavy atom. The molecule has 0 unspecified atom stereocenters. The van der Waals surface area contributed by atoms with Crippen LogP contribution < -0.4 is 9.47 Å². The van der Waals surface area contributed by atoms with Crippen molar-refractivity contribution in [3.8, 4) is 11.5 Å². The first-order chi connectivity index (χ1) is 14.0. The molecule has 0 radical (unpaired) electrons. The number of para-hydroxylation sites is 1. The van der Waals surface area contributed by atoms with Crippen molar-refractivity contribution in [2.75, 3.05) is 26.7 Å². The number of piperidine rings is 1. The van der Waals surface area contributed by atoms with Gasteiger partial charge >= 0.3 is 5.97 Å². The number of halogens is 2. The minimum atomic E-state index is -0.593. The summed E-state index contributed by atoms with van der Waals surface area (Å²) in [5.41, 5.74) is 0.876. The van der Waals surface area contributed by atoms with Crippen molar-refractivity contribution in [1.82, 2.24) is 4.90 Å². The zero-order chi connectivity index (χ0) is 20.4. The Labute approximate surface area is 181 Å². The van der Waals surface area contributed by atoms with Gasteiger partial charge in [0.25, 0.3) is 0 Å². The summed E-state index contributed by atoms with van der Waals surface area (Å²) in [4.78, 5) is 27.2. The third-order valence-corrected chi connectivity index (χ3v) is 6.05. The number of benzene rings is 2. The topological polar surface area (TPSA) is 55.8 Å². The van der Waals surface area contributed by atoms with Crippen LogP contribution >= 0.6 is 12.4 Å². The smallest absolute Gasteiger partial charge is 0.322 e. The summed E-state index contributed by atoms with van der Waals surface area (Å²) in [7, 11) is 1.57. The summed E-state index contributed by atoms with van der Waals surface area (Å²) < 4.78 is 23.9. The molecular weight excluding hydrogens is 409 g/mol. The predicted octanol–water partition coefficient (Wildman–Crippen LogP) is 4.17. The molecule has 1 fully saturated rings. The molecule has 4 rings (SSSR count). The third kappa shape index (κ3) is 4.07. The second-order valence-electron chi connectivity index (χ2n) is 7.68. The van der Waals surface area contributed by atoms with Crippen LogP contribution in [-0.2, 0) is 10.2 Å². The highest BCUT2D eigenvalue weighted by molar-refractivity contribution is 5.96. The van der Waals surface area contributed by atoms with Crippen molar-refractivity contribution < 1.29 is 23.5 Å². The predicted molar refractivity (Wildman–Crippen MR) is 113 cm³/mol. The van der Waals surface area contributed by atoms with Crippen LogP contribution in [0.2, 0.25) is 0 Å². The van der Waals surface area contributed by atoms with E-state index in [2.05, 4.69) is 4.90 Å². The number of ketones is 1. The van der Waals surface area contributed by atoms with Crippen LogP contribution in [0.1, 0.15) is 41.6 Å². The van der Waals surface area contributed by atoms with E-state index in [1.165, 1.54) is 24.3 Å². The summed E-state index contributed by atoms with van der Waals surface area (Å²) in [6.07, 6.45) is 2.54. The molecule has 2 aromatic rings. The molecule has 0 aliphatic carbocycles. The average Bonchev–Trinajstić information content (AvgIpc) is 3.01. The highest BCUT2D eigenvalue weighted by Crippen LogP contribution is 2.50. The van der Waals surface area contributed by atoms with Crippen molar-refractivity contribution in [2.24, 2.45) is 0 Å². The maximum Gasteiger partial charge on any atom is 0.322 e. The Morgan fingerprint density at radius 3 is 2.53 bits per heavy atom. The van der Waals surface area contributed by atoms with Crippen LogP contribution in [0.25, 0.3) is 0 Å². The molecule has 7 heteroatoms. The molecule has 2 heterocycles. The minimum absolute atomic E-state index is 0. The number of hydrogen-bond acceptors (Lipinski definition) is 5. The maximum absolute atomic E-state index is 13.0. The summed E-state index contributed by atoms with van der Waals surface area (Å²) in [5.74, 6) is 0.642. The number of nitrogens with zero attached hydrogens (tertiary/aromatic N) is 1. The highest BCUT2D eigenvalue weighted by atomic mass is 35.5. The van der Waals surface area contributed by atoms with Crippen LogP contribution in [-0.4, -0.2) is 43.4 Å². The first-order valence-electron chi connectivity index (χ1n) is 9.94. The average molecular weight is 434 g/mol. The molecule has 0 bridgehead atoms. The van der Waals surface area contributed by atoms with E-state index in [1.54, 1.807) is 13.2 Å². The van der Waals surface area contributed by atoms with Crippen molar-refractivity contribution >= 4 is 24.2 Å². The van der Waals surface area contributed by atoms with Gasteiger partial charge in [-0.2, -0.15) is 0 Å². The number of fused-ring (bicyclic) bond motifs is 2. The molecule has 0 saturated carbocycles. The van der Waals surface area contributed by atoms with E-state index in [0.717, 1.165) is 31.6 Å². The van der Waals surface area contributed by atoms with Gasteiger partial charge in [-0.25, -0.2) is 4.39 Å². The fourth-order valence-electron chi connectivity index (χ4n) is 4.33. The van der Waals surface area contributed by atoms with Crippen LogP contribution in [0.4, 0.5) is 4.39 Å². The van der Waals surface area contributed by atoms with Crippen LogP contribution in [0.15, 0.2) is 42.5 Å². The molecule has 0 atom stereocenters. The van der Waals surface area contributed by atoms with Gasteiger partial charge in [0.1, 0.15) is 5.82 Å². The highest BCUT2D eigenvalue weighted by Gasteiger charge is 2.51. The number of ether oxygens (including phenoxy) is 2. The number of carbonyl (C=O) groups is 2. The summed E-state index contributed by atoms with van der Waals surface area (Å²) in [6, 6.07) is 11.3. The summed E-state index contributed by atoms with van der Waals surface area (Å²) >= 11 is 0. The number of carbonyl (C=O) groups excluding carboxylic acids is 2. The molecule has 0 amide bonds. The second-order valence-corrected chi connectivity index (χ2v) is 7.68. The molecule has 0 N–H and O–H groups in total. The zero-order valence-electron chi connectivity index (χ0n) is 16.9. The number of likely N-dealkylation sites (tertiary alicyclic amines) is 1. The van der Waals surface area contributed by atoms with E-state index in [9.17, 15) is 14.0 Å². The quantitative estimate of drug-likeness (QED) is 0.389. The van der Waals surface area contributed by atoms with Gasteiger partial charge in [-0.15, -0.1) is 12.4 Å². The normalized spacial score (nSPS) is 17.2. The summed E-state index contributed by atoms with van der Waals surface area (Å²) in [5, 5.41) is 0. The van der Waals surface area contributed by atoms with E-state index in [1.807, 2.05) is 12.1 Å². The first-order valence-corrected chi connectivity index (χ1v) is 9.94. The fraction of sp³-hybridized carbons (Fsp3) is 0.391. The Balaban J connectivity index is 0.00000256. The zero-order valence-corrected chi connectivity index (χ0v) is 17.7. The number of esters is 1. The molecule has 160 valence electrons. The number of Topliss-reactive ketones (excluding diaryl/α,β-unsaturated/α-hetero) is 1. The van der Waals surface area contributed by atoms with E-state index in [4.69, 9.17) is 9.47 Å². The lowest BCUT2D eigenvalue weighted by atomic mass is 9.73. The lowest BCUT2D eigenvalue weighted by molar-refractivity contribution is -0.140. The molecule has 2 aromatic carbocycles. The molecule has 2 aliphatic rings. The molecule has 1 spiro atoms. The Morgan fingerprint density at radius 1 is 1.17 bits per heavy atom.